The molecule has 1 heterocycles. The quantitative estimate of drug-likeness (QED) is 0.834. The highest BCUT2D eigenvalue weighted by atomic mass is 16.5. The molecule has 0 amide bonds. The Bertz CT molecular complexity index is 640. The number of ether oxygens (including phenoxy) is 2. The van der Waals surface area contributed by atoms with Gasteiger partial charge in [0.25, 0.3) is 0 Å². The predicted molar refractivity (Wildman–Crippen MR) is 92.6 cm³/mol. The molecule has 0 bridgehead atoms. The minimum atomic E-state index is -2.07. The van der Waals surface area contributed by atoms with Crippen molar-refractivity contribution in [2.45, 2.75) is 56.7 Å². The van der Waals surface area contributed by atoms with Crippen LogP contribution in [0.15, 0.2) is 18.2 Å². The van der Waals surface area contributed by atoms with E-state index in [9.17, 15) is 10.2 Å². The summed E-state index contributed by atoms with van der Waals surface area (Å²) in [6.45, 7) is 0.569. The Morgan fingerprint density at radius 1 is 1.38 bits per heavy atom. The van der Waals surface area contributed by atoms with Gasteiger partial charge in [-0.05, 0) is 43.3 Å². The molecule has 1 aromatic rings. The third kappa shape index (κ3) is 4.21. The zero-order valence-corrected chi connectivity index (χ0v) is 14.2. The van der Waals surface area contributed by atoms with Gasteiger partial charge >= 0.3 is 0 Å². The molecule has 2 fully saturated rings. The van der Waals surface area contributed by atoms with E-state index < -0.39 is 12.5 Å². The molecule has 0 radical (unpaired) electrons. The number of aliphatic hydroxyl groups is 1. The van der Waals surface area contributed by atoms with Gasteiger partial charge in [-0.25, -0.2) is 0 Å². The molecule has 5 heteroatoms. The Kier molecular flexibility index (Phi) is 4.75. The normalized spacial score (nSPS) is 35.2. The van der Waals surface area contributed by atoms with Crippen LogP contribution in [-0.2, 0) is 11.2 Å². The van der Waals surface area contributed by atoms with Crippen molar-refractivity contribution in [1.82, 2.24) is 4.90 Å². The van der Waals surface area contributed by atoms with Crippen molar-refractivity contribution in [2.24, 2.45) is 0 Å². The van der Waals surface area contributed by atoms with Crippen molar-refractivity contribution >= 4 is 0 Å². The van der Waals surface area contributed by atoms with Crippen molar-refractivity contribution in [3.8, 4) is 11.5 Å². The molecule has 0 aromatic heterocycles. The molecule has 1 saturated heterocycles. The minimum Gasteiger partial charge on any atom is -0.504 e. The second-order valence-corrected chi connectivity index (χ2v) is 6.55. The van der Waals surface area contributed by atoms with E-state index in [1.807, 2.05) is 11.0 Å². The molecule has 1 saturated carbocycles. The number of hydrogen-bond donors (Lipinski definition) is 2. The number of nitrogens with zero attached hydrogens (tertiary/aromatic N) is 1. The first-order valence-corrected chi connectivity index (χ1v) is 8.67. The number of benzene rings is 1. The monoisotopic (exact) mass is 338 g/mol. The summed E-state index contributed by atoms with van der Waals surface area (Å²) in [6, 6.07) is 5.33. The fraction of sp³-hybridized carbons (Fsp3) is 0.684. The van der Waals surface area contributed by atoms with Gasteiger partial charge < -0.3 is 19.7 Å². The maximum Gasteiger partial charge on any atom is 0.160 e. The molecule has 1 aliphatic carbocycles. The predicted octanol–water partition coefficient (Wildman–Crippen LogP) is 2.34. The molecule has 0 spiro atoms. The van der Waals surface area contributed by atoms with Crippen LogP contribution in [-0.4, -0.2) is 60.1 Å². The lowest BCUT2D eigenvalue weighted by Gasteiger charge is -2.37. The smallest absolute Gasteiger partial charge is 0.160 e. The number of phenolic OH excluding ortho intramolecular Hbond substituents is 1. The summed E-state index contributed by atoms with van der Waals surface area (Å²) in [7, 11) is 1.51. The lowest BCUT2D eigenvalue weighted by atomic mass is 9.91. The van der Waals surface area contributed by atoms with E-state index in [0.29, 0.717) is 18.8 Å². The summed E-state index contributed by atoms with van der Waals surface area (Å²) in [5.41, 5.74) is 0.957. The van der Waals surface area contributed by atoms with Crippen molar-refractivity contribution in [2.75, 3.05) is 26.8 Å². The summed E-state index contributed by atoms with van der Waals surface area (Å²) in [5.74, 6) is 0.553. The number of hydrogen-bond acceptors (Lipinski definition) is 5. The zero-order chi connectivity index (χ0) is 19.7. The van der Waals surface area contributed by atoms with Gasteiger partial charge in [0.2, 0.25) is 0 Å². The van der Waals surface area contributed by atoms with E-state index >= 15 is 0 Å². The molecule has 2 aliphatic rings. The molecule has 0 unspecified atom stereocenters. The van der Waals surface area contributed by atoms with E-state index in [1.165, 1.54) is 7.11 Å². The SMILES string of the molecule is [2H]C1([2H])CN([C@@H]2CCCC[C@H]2OCCc2ccc(OC)c(O)c2)C[C@]1([2H])O. The van der Waals surface area contributed by atoms with Crippen LogP contribution in [0, 0.1) is 0 Å². The second kappa shape index (κ2) is 8.19. The van der Waals surface area contributed by atoms with Gasteiger partial charge in [0.1, 0.15) is 0 Å². The third-order valence-electron chi connectivity index (χ3n) is 4.94. The fourth-order valence-electron chi connectivity index (χ4n) is 3.64. The Morgan fingerprint density at radius 2 is 2.21 bits per heavy atom. The summed E-state index contributed by atoms with van der Waals surface area (Å²) in [5, 5.41) is 20.0. The molecular formula is C19H29NO4. The largest absolute Gasteiger partial charge is 0.504 e. The highest BCUT2D eigenvalue weighted by Gasteiger charge is 2.34. The van der Waals surface area contributed by atoms with Crippen molar-refractivity contribution in [3.63, 3.8) is 0 Å². The standard InChI is InChI=1S/C19H29NO4/c1-23-19-7-6-14(12-17(19)22)9-11-24-18-5-3-2-4-16(18)20-10-8-15(21)13-20/h6-7,12,15-16,18,21-22H,2-5,8-11,13H2,1H3/t15-,16-,18-/m1/s1/i8D2,15D. The van der Waals surface area contributed by atoms with Gasteiger partial charge in [-0.15, -0.1) is 0 Å². The maximum absolute atomic E-state index is 10.1. The van der Waals surface area contributed by atoms with Gasteiger partial charge in [-0.3, -0.25) is 4.90 Å². The van der Waals surface area contributed by atoms with E-state index in [-0.39, 0.29) is 31.0 Å². The molecule has 1 aliphatic heterocycles. The highest BCUT2D eigenvalue weighted by Crippen LogP contribution is 2.29. The molecule has 3 atom stereocenters. The summed E-state index contributed by atoms with van der Waals surface area (Å²) in [4.78, 5) is 1.88. The van der Waals surface area contributed by atoms with Gasteiger partial charge in [0, 0.05) is 21.9 Å². The molecular weight excluding hydrogens is 306 g/mol. The number of phenols is 1. The van der Waals surface area contributed by atoms with Crippen LogP contribution >= 0.6 is 0 Å². The molecule has 2 N–H and O–H groups in total. The Balaban J connectivity index is 1.58. The van der Waals surface area contributed by atoms with Crippen molar-refractivity contribution < 1.29 is 23.8 Å². The van der Waals surface area contributed by atoms with Gasteiger partial charge in [0.05, 0.1) is 27.3 Å². The first-order chi connectivity index (χ1) is 12.7. The number of β-amino-alcohol motifs (C(OH)–C–C–N with tert-alkyl or cyclic N) is 1. The third-order valence-corrected chi connectivity index (χ3v) is 4.94. The van der Waals surface area contributed by atoms with E-state index in [4.69, 9.17) is 13.6 Å². The lowest BCUT2D eigenvalue weighted by Crippen LogP contribution is -2.46. The van der Waals surface area contributed by atoms with Crippen LogP contribution in [0.4, 0.5) is 0 Å². The Labute approximate surface area is 148 Å². The lowest BCUT2D eigenvalue weighted by molar-refractivity contribution is -0.0316. The topological polar surface area (TPSA) is 62.2 Å². The number of methoxy groups -OCH3 is 1. The highest BCUT2D eigenvalue weighted by molar-refractivity contribution is 5.41. The number of rotatable bonds is 6. The maximum atomic E-state index is 10.1. The molecule has 1 aromatic carbocycles. The van der Waals surface area contributed by atoms with E-state index in [0.717, 1.165) is 31.2 Å². The van der Waals surface area contributed by atoms with Crippen LogP contribution in [0.3, 0.4) is 0 Å². The van der Waals surface area contributed by atoms with Gasteiger partial charge in [-0.2, -0.15) is 0 Å². The first-order valence-electron chi connectivity index (χ1n) is 10.2. The second-order valence-electron chi connectivity index (χ2n) is 6.55. The fourth-order valence-corrected chi connectivity index (χ4v) is 3.64. The average Bonchev–Trinajstić information content (AvgIpc) is 2.83. The van der Waals surface area contributed by atoms with Crippen molar-refractivity contribution in [3.05, 3.63) is 23.8 Å². The van der Waals surface area contributed by atoms with Crippen LogP contribution < -0.4 is 4.74 Å². The Hall–Kier alpha value is -1.30. The van der Waals surface area contributed by atoms with Gasteiger partial charge in [0.15, 0.2) is 11.5 Å². The summed E-state index contributed by atoms with van der Waals surface area (Å²) >= 11 is 0. The van der Waals surface area contributed by atoms with Gasteiger partial charge in [-0.1, -0.05) is 18.9 Å². The van der Waals surface area contributed by atoms with Crippen LogP contribution in [0.1, 0.15) is 41.7 Å². The van der Waals surface area contributed by atoms with Crippen LogP contribution in [0.25, 0.3) is 0 Å². The van der Waals surface area contributed by atoms with Crippen LogP contribution in [0.2, 0.25) is 0 Å². The molecule has 24 heavy (non-hydrogen) atoms. The minimum absolute atomic E-state index is 0.0108. The van der Waals surface area contributed by atoms with Crippen LogP contribution in [0.5, 0.6) is 11.5 Å². The zero-order valence-electron chi connectivity index (χ0n) is 17.2. The number of likely N-dealkylation sites (tertiary alicyclic amines) is 1. The summed E-state index contributed by atoms with van der Waals surface area (Å²) < 4.78 is 34.9. The Morgan fingerprint density at radius 3 is 2.92 bits per heavy atom. The average molecular weight is 338 g/mol. The van der Waals surface area contributed by atoms with E-state index in [2.05, 4.69) is 0 Å². The number of aromatic hydroxyl groups is 1. The molecule has 134 valence electrons. The van der Waals surface area contributed by atoms with Crippen molar-refractivity contribution in [1.29, 1.82) is 0 Å². The molecule has 5 nitrogen and oxygen atoms in total. The summed E-state index contributed by atoms with van der Waals surface area (Å²) in [6.07, 6.45) is 0.516. The first kappa shape index (κ1) is 13.9. The molecule has 3 rings (SSSR count). The van der Waals surface area contributed by atoms with E-state index in [1.54, 1.807) is 12.1 Å².